The Kier molecular flexibility index (Phi) is 8.31. The number of nitrogens with zero attached hydrogens (tertiary/aromatic N) is 2. The molecule has 0 bridgehead atoms. The Labute approximate surface area is 151 Å². The van der Waals surface area contributed by atoms with Crippen LogP contribution >= 0.6 is 0 Å². The number of aliphatic imine (C=N–C) groups is 1. The Morgan fingerprint density at radius 3 is 2.68 bits per heavy atom. The van der Waals surface area contributed by atoms with Crippen molar-refractivity contribution in [2.45, 2.75) is 46.1 Å². The van der Waals surface area contributed by atoms with Crippen LogP contribution in [0.25, 0.3) is 0 Å². The first-order chi connectivity index (χ1) is 12.2. The summed E-state index contributed by atoms with van der Waals surface area (Å²) in [7, 11) is 0. The molecular weight excluding hydrogens is 320 g/mol. The van der Waals surface area contributed by atoms with Crippen LogP contribution in [0.15, 0.2) is 4.99 Å². The van der Waals surface area contributed by atoms with Crippen molar-refractivity contribution in [2.24, 2.45) is 16.8 Å². The van der Waals surface area contributed by atoms with Crippen LogP contribution in [0.1, 0.15) is 40.0 Å². The van der Waals surface area contributed by atoms with Crippen LogP contribution in [0.5, 0.6) is 0 Å². The lowest BCUT2D eigenvalue weighted by Crippen LogP contribution is -2.43. The maximum atomic E-state index is 11.7. The van der Waals surface area contributed by atoms with Crippen molar-refractivity contribution in [3.05, 3.63) is 0 Å². The molecule has 7 heteroatoms. The van der Waals surface area contributed by atoms with E-state index >= 15 is 0 Å². The van der Waals surface area contributed by atoms with Crippen LogP contribution in [0.2, 0.25) is 0 Å². The number of hydrogen-bond acceptors (Lipinski definition) is 4. The van der Waals surface area contributed by atoms with E-state index < -0.39 is 0 Å². The van der Waals surface area contributed by atoms with Crippen LogP contribution in [0, 0.1) is 11.8 Å². The molecule has 7 nitrogen and oxygen atoms in total. The maximum Gasteiger partial charge on any atom is 0.407 e. The molecule has 0 aromatic rings. The van der Waals surface area contributed by atoms with Crippen molar-refractivity contribution in [1.82, 2.24) is 15.5 Å². The average molecular weight is 354 g/mol. The molecule has 0 spiro atoms. The number of carbonyl (C=O) groups excluding carboxylic acids is 1. The minimum Gasteiger partial charge on any atom is -0.450 e. The number of hydrogen-bond donors (Lipinski definition) is 2. The molecule has 25 heavy (non-hydrogen) atoms. The highest BCUT2D eigenvalue weighted by Gasteiger charge is 2.33. The minimum absolute atomic E-state index is 0.0644. The lowest BCUT2D eigenvalue weighted by atomic mass is 10.1. The molecule has 2 aliphatic rings. The van der Waals surface area contributed by atoms with Gasteiger partial charge in [-0.2, -0.15) is 0 Å². The van der Waals surface area contributed by atoms with Gasteiger partial charge in [-0.15, -0.1) is 0 Å². The predicted octanol–water partition coefficient (Wildman–Crippen LogP) is 1.83. The van der Waals surface area contributed by atoms with Gasteiger partial charge >= 0.3 is 6.09 Å². The largest absolute Gasteiger partial charge is 0.450 e. The molecule has 0 aromatic heterocycles. The first-order valence-corrected chi connectivity index (χ1v) is 9.72. The Morgan fingerprint density at radius 1 is 1.24 bits per heavy atom. The third-order valence-corrected chi connectivity index (χ3v) is 4.69. The molecule has 1 saturated carbocycles. The van der Waals surface area contributed by atoms with Crippen molar-refractivity contribution in [2.75, 3.05) is 46.0 Å². The van der Waals surface area contributed by atoms with E-state index in [9.17, 15) is 4.79 Å². The summed E-state index contributed by atoms with van der Waals surface area (Å²) in [6.07, 6.45) is 3.11. The van der Waals surface area contributed by atoms with Gasteiger partial charge in [-0.25, -0.2) is 4.79 Å². The second-order valence-electron chi connectivity index (χ2n) is 6.76. The van der Waals surface area contributed by atoms with Gasteiger partial charge in [-0.05, 0) is 46.0 Å². The molecule has 144 valence electrons. The van der Waals surface area contributed by atoms with E-state index in [2.05, 4.69) is 22.5 Å². The Bertz CT molecular complexity index is 440. The third kappa shape index (κ3) is 6.72. The number of alkyl carbamates (subject to hydrolysis) is 1. The van der Waals surface area contributed by atoms with Crippen molar-refractivity contribution in [3.8, 4) is 0 Å². The molecule has 2 atom stereocenters. The topological polar surface area (TPSA) is 75.2 Å². The number of nitrogens with one attached hydrogen (secondary N) is 2. The fourth-order valence-electron chi connectivity index (χ4n) is 3.19. The normalized spacial score (nSPS) is 22.0. The zero-order valence-corrected chi connectivity index (χ0v) is 15.9. The van der Waals surface area contributed by atoms with Crippen molar-refractivity contribution in [1.29, 1.82) is 0 Å². The third-order valence-electron chi connectivity index (χ3n) is 4.69. The highest BCUT2D eigenvalue weighted by molar-refractivity contribution is 5.80. The standard InChI is InChI=1S/C18H34N4O3/c1-4-19-17(22-10-9-14(12-22)13-24-5-2)20-11-16(15-7-8-15)21-18(23)25-6-3/h14-16H,4-13H2,1-3H3,(H,19,20)(H,21,23). The van der Waals surface area contributed by atoms with Gasteiger partial charge in [0.15, 0.2) is 5.96 Å². The fraction of sp³-hybridized carbons (Fsp3) is 0.889. The second kappa shape index (κ2) is 10.5. The zero-order valence-electron chi connectivity index (χ0n) is 15.9. The van der Waals surface area contributed by atoms with E-state index in [0.29, 0.717) is 25.0 Å². The predicted molar refractivity (Wildman–Crippen MR) is 98.8 cm³/mol. The van der Waals surface area contributed by atoms with Gasteiger partial charge in [-0.3, -0.25) is 4.99 Å². The molecule has 0 radical (unpaired) electrons. The number of likely N-dealkylation sites (tertiary alicyclic amines) is 1. The highest BCUT2D eigenvalue weighted by atomic mass is 16.5. The number of carbonyl (C=O) groups is 1. The summed E-state index contributed by atoms with van der Waals surface area (Å²) in [6, 6.07) is 0.0644. The van der Waals surface area contributed by atoms with Crippen LogP contribution in [0.3, 0.4) is 0 Å². The van der Waals surface area contributed by atoms with E-state index in [1.807, 2.05) is 13.8 Å². The summed E-state index contributed by atoms with van der Waals surface area (Å²) in [4.78, 5) is 18.8. The van der Waals surface area contributed by atoms with E-state index in [4.69, 9.17) is 14.5 Å². The van der Waals surface area contributed by atoms with Gasteiger partial charge in [0.1, 0.15) is 0 Å². The lowest BCUT2D eigenvalue weighted by Gasteiger charge is -2.23. The molecule has 1 heterocycles. The summed E-state index contributed by atoms with van der Waals surface area (Å²) < 4.78 is 10.6. The van der Waals surface area contributed by atoms with E-state index in [-0.39, 0.29) is 12.1 Å². The number of guanidine groups is 1. The van der Waals surface area contributed by atoms with Gasteiger partial charge in [-0.1, -0.05) is 0 Å². The summed E-state index contributed by atoms with van der Waals surface area (Å²) in [5, 5.41) is 6.36. The summed E-state index contributed by atoms with van der Waals surface area (Å²) in [5.74, 6) is 2.04. The number of ether oxygens (including phenoxy) is 2. The van der Waals surface area contributed by atoms with Gasteiger partial charge in [0.05, 0.1) is 25.8 Å². The van der Waals surface area contributed by atoms with Crippen LogP contribution in [0.4, 0.5) is 4.79 Å². The first kappa shape index (κ1) is 19.8. The first-order valence-electron chi connectivity index (χ1n) is 9.72. The lowest BCUT2D eigenvalue weighted by molar-refractivity contribution is 0.114. The summed E-state index contributed by atoms with van der Waals surface area (Å²) in [5.41, 5.74) is 0. The molecule has 2 N–H and O–H groups in total. The molecule has 1 amide bonds. The van der Waals surface area contributed by atoms with E-state index in [1.54, 1.807) is 0 Å². The van der Waals surface area contributed by atoms with Crippen molar-refractivity contribution in [3.63, 3.8) is 0 Å². The molecule has 2 rings (SSSR count). The van der Waals surface area contributed by atoms with Crippen LogP contribution in [-0.4, -0.2) is 69.0 Å². The van der Waals surface area contributed by atoms with Crippen LogP contribution in [-0.2, 0) is 9.47 Å². The van der Waals surface area contributed by atoms with Gasteiger partial charge in [0.25, 0.3) is 0 Å². The smallest absolute Gasteiger partial charge is 0.407 e. The van der Waals surface area contributed by atoms with Gasteiger partial charge in [0, 0.05) is 32.2 Å². The van der Waals surface area contributed by atoms with Crippen LogP contribution < -0.4 is 10.6 Å². The quantitative estimate of drug-likeness (QED) is 0.488. The maximum absolute atomic E-state index is 11.7. The van der Waals surface area contributed by atoms with Gasteiger partial charge in [0.2, 0.25) is 0 Å². The molecule has 1 aliphatic heterocycles. The zero-order chi connectivity index (χ0) is 18.1. The number of amides is 1. The minimum atomic E-state index is -0.336. The Balaban J connectivity index is 1.90. The monoisotopic (exact) mass is 354 g/mol. The molecule has 1 aliphatic carbocycles. The second-order valence-corrected chi connectivity index (χ2v) is 6.76. The molecule has 2 unspecified atom stereocenters. The number of rotatable bonds is 9. The molecule has 0 aromatic carbocycles. The molecule has 2 fully saturated rings. The van der Waals surface area contributed by atoms with Crippen molar-refractivity contribution >= 4 is 12.1 Å². The van der Waals surface area contributed by atoms with Crippen molar-refractivity contribution < 1.29 is 14.3 Å². The summed E-state index contributed by atoms with van der Waals surface area (Å²) in [6.45, 7) is 11.3. The average Bonchev–Trinajstić information content (AvgIpc) is 3.34. The summed E-state index contributed by atoms with van der Waals surface area (Å²) >= 11 is 0. The highest BCUT2D eigenvalue weighted by Crippen LogP contribution is 2.33. The van der Waals surface area contributed by atoms with Gasteiger partial charge < -0.3 is 25.0 Å². The van der Waals surface area contributed by atoms with E-state index in [0.717, 1.165) is 58.1 Å². The fourth-order valence-corrected chi connectivity index (χ4v) is 3.19. The Hall–Kier alpha value is -1.50. The van der Waals surface area contributed by atoms with E-state index in [1.165, 1.54) is 0 Å². The molecule has 1 saturated heterocycles. The molecular formula is C18H34N4O3. The SMILES string of the molecule is CCNC(=NCC(NC(=O)OCC)C1CC1)N1CCC(COCC)C1. The Morgan fingerprint density at radius 2 is 2.04 bits per heavy atom.